The number of fused-ring (bicyclic) bond motifs is 2. The minimum Gasteiger partial charge on any atom is -0.380 e. The maximum absolute atomic E-state index is 5.76. The zero-order valence-electron chi connectivity index (χ0n) is 10.9. The molecule has 0 radical (unpaired) electrons. The van der Waals surface area contributed by atoms with Crippen molar-refractivity contribution < 1.29 is 4.74 Å². The molecule has 0 aromatic rings. The molecular weight excluding hydrogens is 198 g/mol. The van der Waals surface area contributed by atoms with Crippen molar-refractivity contribution in [2.24, 2.45) is 17.8 Å². The van der Waals surface area contributed by atoms with Crippen molar-refractivity contribution in [2.75, 3.05) is 19.8 Å². The normalized spacial score (nSPS) is 34.5. The van der Waals surface area contributed by atoms with Crippen molar-refractivity contribution in [1.29, 1.82) is 0 Å². The summed E-state index contributed by atoms with van der Waals surface area (Å²) in [5.74, 6) is 2.94. The molecule has 1 N–H and O–H groups in total. The van der Waals surface area contributed by atoms with E-state index in [0.717, 1.165) is 43.9 Å². The highest BCUT2D eigenvalue weighted by Crippen LogP contribution is 2.49. The highest BCUT2D eigenvalue weighted by Gasteiger charge is 2.42. The maximum atomic E-state index is 5.76. The molecule has 94 valence electrons. The summed E-state index contributed by atoms with van der Waals surface area (Å²) in [6.07, 6.45) is 7.06. The fraction of sp³-hybridized carbons (Fsp3) is 1.00. The Kier molecular flexibility index (Phi) is 4.66. The molecule has 0 aliphatic heterocycles. The minimum atomic E-state index is 0.617. The van der Waals surface area contributed by atoms with Crippen LogP contribution < -0.4 is 5.32 Å². The second kappa shape index (κ2) is 6.02. The van der Waals surface area contributed by atoms with E-state index >= 15 is 0 Å². The second-order valence-corrected chi connectivity index (χ2v) is 5.58. The van der Waals surface area contributed by atoms with E-state index in [4.69, 9.17) is 4.74 Å². The Balaban J connectivity index is 1.81. The Labute approximate surface area is 100 Å². The van der Waals surface area contributed by atoms with Gasteiger partial charge in [-0.15, -0.1) is 0 Å². The molecule has 2 saturated carbocycles. The van der Waals surface area contributed by atoms with Crippen LogP contribution >= 0.6 is 0 Å². The van der Waals surface area contributed by atoms with Crippen LogP contribution in [-0.2, 0) is 4.74 Å². The van der Waals surface area contributed by atoms with Crippen LogP contribution in [0.25, 0.3) is 0 Å². The number of nitrogens with one attached hydrogen (secondary N) is 1. The summed E-state index contributed by atoms with van der Waals surface area (Å²) in [6.45, 7) is 7.31. The highest BCUT2D eigenvalue weighted by molar-refractivity contribution is 4.95. The van der Waals surface area contributed by atoms with E-state index < -0.39 is 0 Å². The van der Waals surface area contributed by atoms with Gasteiger partial charge in [0, 0.05) is 12.6 Å². The summed E-state index contributed by atoms with van der Waals surface area (Å²) >= 11 is 0. The Morgan fingerprint density at radius 3 is 2.69 bits per heavy atom. The molecule has 0 spiro atoms. The zero-order valence-corrected chi connectivity index (χ0v) is 10.9. The molecule has 0 aromatic carbocycles. The van der Waals surface area contributed by atoms with Gasteiger partial charge in [0.2, 0.25) is 0 Å². The van der Waals surface area contributed by atoms with Crippen molar-refractivity contribution in [2.45, 2.75) is 52.0 Å². The molecule has 2 heteroatoms. The van der Waals surface area contributed by atoms with Crippen LogP contribution in [0.2, 0.25) is 0 Å². The Hall–Kier alpha value is -0.0800. The first-order valence-corrected chi connectivity index (χ1v) is 7.16. The highest BCUT2D eigenvalue weighted by atomic mass is 16.5. The van der Waals surface area contributed by atoms with Crippen LogP contribution in [0.1, 0.15) is 46.0 Å². The summed E-state index contributed by atoms with van der Waals surface area (Å²) < 4.78 is 5.76. The van der Waals surface area contributed by atoms with Gasteiger partial charge in [-0.25, -0.2) is 0 Å². The molecule has 2 aliphatic carbocycles. The van der Waals surface area contributed by atoms with Crippen LogP contribution in [0.5, 0.6) is 0 Å². The summed E-state index contributed by atoms with van der Waals surface area (Å²) in [4.78, 5) is 0. The van der Waals surface area contributed by atoms with E-state index in [9.17, 15) is 0 Å². The third-order valence-electron chi connectivity index (χ3n) is 4.42. The number of ether oxygens (including phenoxy) is 1. The van der Waals surface area contributed by atoms with Crippen molar-refractivity contribution in [1.82, 2.24) is 5.32 Å². The van der Waals surface area contributed by atoms with Crippen LogP contribution in [0, 0.1) is 17.8 Å². The first-order chi connectivity index (χ1) is 7.85. The van der Waals surface area contributed by atoms with Gasteiger partial charge in [-0.3, -0.25) is 0 Å². The first kappa shape index (κ1) is 12.4. The van der Waals surface area contributed by atoms with Gasteiger partial charge in [0.25, 0.3) is 0 Å². The van der Waals surface area contributed by atoms with E-state index in [0.29, 0.717) is 6.04 Å². The van der Waals surface area contributed by atoms with Crippen molar-refractivity contribution in [3.8, 4) is 0 Å². The molecule has 2 aliphatic rings. The SMILES string of the molecule is CCCOCC(NCC)C1CC2CCC1C2. The summed E-state index contributed by atoms with van der Waals surface area (Å²) in [7, 11) is 0. The fourth-order valence-electron chi connectivity index (χ4n) is 3.74. The number of likely N-dealkylation sites (N-methyl/N-ethyl adjacent to an activating group) is 1. The van der Waals surface area contributed by atoms with Crippen LogP contribution in [0.15, 0.2) is 0 Å². The molecule has 2 bridgehead atoms. The molecule has 2 fully saturated rings. The van der Waals surface area contributed by atoms with E-state index in [1.165, 1.54) is 25.7 Å². The lowest BCUT2D eigenvalue weighted by Crippen LogP contribution is -2.42. The molecule has 2 rings (SSSR count). The average Bonchev–Trinajstić information content (AvgIpc) is 2.90. The molecule has 0 amide bonds. The Morgan fingerprint density at radius 1 is 1.25 bits per heavy atom. The topological polar surface area (TPSA) is 21.3 Å². The van der Waals surface area contributed by atoms with E-state index in [2.05, 4.69) is 19.2 Å². The van der Waals surface area contributed by atoms with Gasteiger partial charge in [0.15, 0.2) is 0 Å². The van der Waals surface area contributed by atoms with Gasteiger partial charge >= 0.3 is 0 Å². The standard InChI is InChI=1S/C14H27NO/c1-3-7-16-10-14(15-4-2)13-9-11-5-6-12(13)8-11/h11-15H,3-10H2,1-2H3. The van der Waals surface area contributed by atoms with Crippen molar-refractivity contribution in [3.63, 3.8) is 0 Å². The predicted octanol–water partition coefficient (Wildman–Crippen LogP) is 2.83. The molecule has 0 heterocycles. The van der Waals surface area contributed by atoms with Gasteiger partial charge in [0.1, 0.15) is 0 Å². The van der Waals surface area contributed by atoms with Gasteiger partial charge < -0.3 is 10.1 Å². The van der Waals surface area contributed by atoms with Gasteiger partial charge in [-0.2, -0.15) is 0 Å². The third kappa shape index (κ3) is 2.78. The molecule has 0 saturated heterocycles. The lowest BCUT2D eigenvalue weighted by molar-refractivity contribution is 0.0811. The zero-order chi connectivity index (χ0) is 11.4. The van der Waals surface area contributed by atoms with E-state index in [1.807, 2.05) is 0 Å². The van der Waals surface area contributed by atoms with E-state index in [1.54, 1.807) is 0 Å². The molecule has 4 atom stereocenters. The smallest absolute Gasteiger partial charge is 0.0622 e. The molecule has 16 heavy (non-hydrogen) atoms. The molecule has 2 nitrogen and oxygen atoms in total. The third-order valence-corrected chi connectivity index (χ3v) is 4.42. The van der Waals surface area contributed by atoms with E-state index in [-0.39, 0.29) is 0 Å². The lowest BCUT2D eigenvalue weighted by Gasteiger charge is -2.31. The predicted molar refractivity (Wildman–Crippen MR) is 67.5 cm³/mol. The van der Waals surface area contributed by atoms with Crippen LogP contribution in [0.3, 0.4) is 0 Å². The largest absolute Gasteiger partial charge is 0.380 e. The van der Waals surface area contributed by atoms with Crippen molar-refractivity contribution >= 4 is 0 Å². The quantitative estimate of drug-likeness (QED) is 0.673. The summed E-state index contributed by atoms with van der Waals surface area (Å²) in [5, 5.41) is 3.64. The van der Waals surface area contributed by atoms with Gasteiger partial charge in [-0.05, 0) is 50.0 Å². The second-order valence-electron chi connectivity index (χ2n) is 5.58. The molecule has 4 unspecified atom stereocenters. The summed E-state index contributed by atoms with van der Waals surface area (Å²) in [5.41, 5.74) is 0. The first-order valence-electron chi connectivity index (χ1n) is 7.16. The van der Waals surface area contributed by atoms with Gasteiger partial charge in [-0.1, -0.05) is 20.3 Å². The monoisotopic (exact) mass is 225 g/mol. The summed E-state index contributed by atoms with van der Waals surface area (Å²) in [6, 6.07) is 0.617. The van der Waals surface area contributed by atoms with Crippen LogP contribution in [-0.4, -0.2) is 25.8 Å². The molecule has 0 aromatic heterocycles. The Bertz CT molecular complexity index is 207. The van der Waals surface area contributed by atoms with Gasteiger partial charge in [0.05, 0.1) is 6.61 Å². The average molecular weight is 225 g/mol. The van der Waals surface area contributed by atoms with Crippen molar-refractivity contribution in [3.05, 3.63) is 0 Å². The number of hydrogen-bond acceptors (Lipinski definition) is 2. The minimum absolute atomic E-state index is 0.617. The Morgan fingerprint density at radius 2 is 2.12 bits per heavy atom. The number of rotatable bonds is 7. The fourth-order valence-corrected chi connectivity index (χ4v) is 3.74. The molecular formula is C14H27NO. The lowest BCUT2D eigenvalue weighted by atomic mass is 9.83. The number of hydrogen-bond donors (Lipinski definition) is 1. The van der Waals surface area contributed by atoms with Crippen LogP contribution in [0.4, 0.5) is 0 Å². The maximum Gasteiger partial charge on any atom is 0.0622 e.